The van der Waals surface area contributed by atoms with Crippen LogP contribution in [0.4, 0.5) is 5.69 Å². The summed E-state index contributed by atoms with van der Waals surface area (Å²) in [5.41, 5.74) is 4.17. The number of benzene rings is 2. The number of nitrogens with one attached hydrogen (secondary N) is 2. The van der Waals surface area contributed by atoms with Gasteiger partial charge in [0.15, 0.2) is 0 Å². The molecule has 0 unspecified atom stereocenters. The molecule has 2 aromatic carbocycles. The molecule has 0 spiro atoms. The summed E-state index contributed by atoms with van der Waals surface area (Å²) < 4.78 is 3.28. The highest BCUT2D eigenvalue weighted by molar-refractivity contribution is 8.00. The molecule has 0 saturated carbocycles. The Balaban J connectivity index is 1.91. The van der Waals surface area contributed by atoms with Gasteiger partial charge in [0.2, 0.25) is 0 Å². The number of anilines is 1. The van der Waals surface area contributed by atoms with Crippen LogP contribution in [0.2, 0.25) is 0 Å². The topological polar surface area (TPSA) is 68.7 Å². The van der Waals surface area contributed by atoms with Gasteiger partial charge in [-0.3, -0.25) is 4.79 Å². The van der Waals surface area contributed by atoms with Crippen molar-refractivity contribution < 1.29 is 4.79 Å². The number of hydrogen-bond donors (Lipinski definition) is 2. The van der Waals surface area contributed by atoms with Gasteiger partial charge in [-0.15, -0.1) is 0 Å². The van der Waals surface area contributed by atoms with Gasteiger partial charge in [0.1, 0.15) is 12.4 Å². The first-order valence-corrected chi connectivity index (χ1v) is 7.53. The zero-order valence-corrected chi connectivity index (χ0v) is 12.7. The third-order valence-electron chi connectivity index (χ3n) is 3.44. The Morgan fingerprint density at radius 1 is 1.32 bits per heavy atom. The fraction of sp³-hybridized carbons (Fsp3) is 0.0588. The standard InChI is InChI=1S/C17H13N3OS/c1-11-5-6-15(17-16(11)13(8-18)9-19-17)20-22-14-4-2-3-12(7-14)10-21/h2-7,9-10,19-20H,1H3. The molecule has 0 amide bonds. The summed E-state index contributed by atoms with van der Waals surface area (Å²) >= 11 is 1.43. The van der Waals surface area contributed by atoms with E-state index in [0.29, 0.717) is 11.1 Å². The van der Waals surface area contributed by atoms with E-state index < -0.39 is 0 Å². The van der Waals surface area contributed by atoms with Crippen molar-refractivity contribution in [1.29, 1.82) is 5.26 Å². The number of aryl methyl sites for hydroxylation is 1. The predicted octanol–water partition coefficient (Wildman–Crippen LogP) is 4.28. The van der Waals surface area contributed by atoms with Crippen molar-refractivity contribution in [2.75, 3.05) is 4.72 Å². The Labute approximate surface area is 132 Å². The van der Waals surface area contributed by atoms with Crippen LogP contribution in [0.3, 0.4) is 0 Å². The lowest BCUT2D eigenvalue weighted by molar-refractivity contribution is 0.112. The first-order valence-electron chi connectivity index (χ1n) is 6.72. The normalized spacial score (nSPS) is 10.4. The molecule has 2 N–H and O–H groups in total. The lowest BCUT2D eigenvalue weighted by atomic mass is 10.1. The molecule has 0 fully saturated rings. The summed E-state index contributed by atoms with van der Waals surface area (Å²) in [4.78, 5) is 14.9. The highest BCUT2D eigenvalue weighted by Crippen LogP contribution is 2.31. The zero-order chi connectivity index (χ0) is 15.5. The van der Waals surface area contributed by atoms with Crippen LogP contribution in [0.15, 0.2) is 47.5 Å². The van der Waals surface area contributed by atoms with Crippen LogP contribution in [-0.4, -0.2) is 11.3 Å². The molecule has 1 heterocycles. The van der Waals surface area contributed by atoms with Gasteiger partial charge < -0.3 is 9.71 Å². The first-order chi connectivity index (χ1) is 10.7. The van der Waals surface area contributed by atoms with E-state index in [-0.39, 0.29) is 0 Å². The van der Waals surface area contributed by atoms with E-state index in [1.165, 1.54) is 11.9 Å². The van der Waals surface area contributed by atoms with Crippen molar-refractivity contribution in [3.05, 3.63) is 59.3 Å². The molecule has 0 bridgehead atoms. The molecule has 0 aliphatic heterocycles. The molecule has 1 aromatic heterocycles. The number of H-pyrrole nitrogens is 1. The van der Waals surface area contributed by atoms with Crippen LogP contribution in [0.1, 0.15) is 21.5 Å². The van der Waals surface area contributed by atoms with E-state index in [4.69, 9.17) is 0 Å². The van der Waals surface area contributed by atoms with E-state index in [1.54, 1.807) is 12.3 Å². The van der Waals surface area contributed by atoms with Crippen LogP contribution in [-0.2, 0) is 0 Å². The molecular weight excluding hydrogens is 294 g/mol. The molecular formula is C17H13N3OS. The number of nitrogens with zero attached hydrogens (tertiary/aromatic N) is 1. The average Bonchev–Trinajstić information content (AvgIpc) is 2.99. The molecule has 0 aliphatic rings. The first kappa shape index (κ1) is 14.2. The Hall–Kier alpha value is -2.71. The number of aromatic amines is 1. The van der Waals surface area contributed by atoms with Gasteiger partial charge in [-0.1, -0.05) is 18.2 Å². The fourth-order valence-electron chi connectivity index (χ4n) is 2.36. The highest BCUT2D eigenvalue weighted by atomic mass is 32.2. The Morgan fingerprint density at radius 3 is 2.95 bits per heavy atom. The van der Waals surface area contributed by atoms with Crippen LogP contribution in [0.5, 0.6) is 0 Å². The Kier molecular flexibility index (Phi) is 3.86. The van der Waals surface area contributed by atoms with E-state index in [1.807, 2.05) is 37.3 Å². The fourth-order valence-corrected chi connectivity index (χ4v) is 3.10. The maximum absolute atomic E-state index is 10.8. The second kappa shape index (κ2) is 5.96. The molecule has 0 aliphatic carbocycles. The van der Waals surface area contributed by atoms with E-state index in [2.05, 4.69) is 15.8 Å². The van der Waals surface area contributed by atoms with Gasteiger partial charge in [-0.05, 0) is 42.6 Å². The van der Waals surface area contributed by atoms with Crippen molar-refractivity contribution in [2.24, 2.45) is 0 Å². The van der Waals surface area contributed by atoms with Gasteiger partial charge in [0, 0.05) is 22.0 Å². The maximum atomic E-state index is 10.8. The van der Waals surface area contributed by atoms with E-state index in [9.17, 15) is 10.1 Å². The summed E-state index contributed by atoms with van der Waals surface area (Å²) in [6.45, 7) is 1.99. The predicted molar refractivity (Wildman–Crippen MR) is 89.1 cm³/mol. The number of hydrogen-bond acceptors (Lipinski definition) is 4. The van der Waals surface area contributed by atoms with Crippen LogP contribution in [0.25, 0.3) is 10.9 Å². The number of rotatable bonds is 4. The van der Waals surface area contributed by atoms with Crippen LogP contribution < -0.4 is 4.72 Å². The van der Waals surface area contributed by atoms with Gasteiger partial charge >= 0.3 is 0 Å². The van der Waals surface area contributed by atoms with Crippen molar-refractivity contribution in [3.63, 3.8) is 0 Å². The van der Waals surface area contributed by atoms with Crippen molar-refractivity contribution in [1.82, 2.24) is 4.98 Å². The molecule has 0 radical (unpaired) electrons. The molecule has 0 atom stereocenters. The minimum atomic E-state index is 0.643. The average molecular weight is 307 g/mol. The van der Waals surface area contributed by atoms with Crippen molar-refractivity contribution in [2.45, 2.75) is 11.8 Å². The summed E-state index contributed by atoms with van der Waals surface area (Å²) in [6.07, 6.45) is 2.55. The third-order valence-corrected chi connectivity index (χ3v) is 4.25. The monoisotopic (exact) mass is 307 g/mol. The molecule has 108 valence electrons. The number of fused-ring (bicyclic) bond motifs is 1. The highest BCUT2D eigenvalue weighted by Gasteiger charge is 2.10. The van der Waals surface area contributed by atoms with E-state index >= 15 is 0 Å². The zero-order valence-electron chi connectivity index (χ0n) is 11.9. The van der Waals surface area contributed by atoms with Crippen molar-refractivity contribution >= 4 is 34.8 Å². The number of carbonyl (C=O) groups excluding carboxylic acids is 1. The SMILES string of the molecule is Cc1ccc(NSc2cccc(C=O)c2)c2[nH]cc(C#N)c12. The van der Waals surface area contributed by atoms with Crippen LogP contribution >= 0.6 is 11.9 Å². The maximum Gasteiger partial charge on any atom is 0.150 e. The minimum absolute atomic E-state index is 0.643. The quantitative estimate of drug-likeness (QED) is 0.557. The second-order valence-corrected chi connectivity index (χ2v) is 5.77. The third kappa shape index (κ3) is 2.57. The summed E-state index contributed by atoms with van der Waals surface area (Å²) in [5, 5.41) is 10.1. The smallest absolute Gasteiger partial charge is 0.150 e. The summed E-state index contributed by atoms with van der Waals surface area (Å²) in [7, 11) is 0. The van der Waals surface area contributed by atoms with Gasteiger partial charge in [0.05, 0.1) is 16.8 Å². The number of carbonyl (C=O) groups is 1. The molecule has 0 saturated heterocycles. The number of aromatic nitrogens is 1. The second-order valence-electron chi connectivity index (χ2n) is 4.89. The number of aldehydes is 1. The molecule has 4 nitrogen and oxygen atoms in total. The summed E-state index contributed by atoms with van der Waals surface area (Å²) in [6, 6.07) is 13.5. The lowest BCUT2D eigenvalue weighted by Gasteiger charge is -2.08. The molecule has 3 rings (SSSR count). The molecule has 5 heteroatoms. The molecule has 22 heavy (non-hydrogen) atoms. The van der Waals surface area contributed by atoms with Crippen molar-refractivity contribution in [3.8, 4) is 6.07 Å². The molecule has 3 aromatic rings. The lowest BCUT2D eigenvalue weighted by Crippen LogP contribution is -1.90. The largest absolute Gasteiger partial charge is 0.358 e. The van der Waals surface area contributed by atoms with E-state index in [0.717, 1.165) is 33.3 Å². The summed E-state index contributed by atoms with van der Waals surface area (Å²) in [5.74, 6) is 0. The van der Waals surface area contributed by atoms with Crippen LogP contribution in [0, 0.1) is 18.3 Å². The Bertz CT molecular complexity index is 893. The van der Waals surface area contributed by atoms with Gasteiger partial charge in [-0.25, -0.2) is 0 Å². The Morgan fingerprint density at radius 2 is 2.18 bits per heavy atom. The van der Waals surface area contributed by atoms with Gasteiger partial charge in [0.25, 0.3) is 0 Å². The van der Waals surface area contributed by atoms with Gasteiger partial charge in [-0.2, -0.15) is 5.26 Å². The minimum Gasteiger partial charge on any atom is -0.358 e. The number of nitriles is 1.